The molecule has 0 saturated carbocycles. The van der Waals surface area contributed by atoms with Gasteiger partial charge in [-0.1, -0.05) is 26.2 Å². The number of aliphatic carboxylic acids is 1. The molecular weight excluding hydrogens is 178 g/mol. The first kappa shape index (κ1) is 11.5. The average Bonchev–Trinajstić information content (AvgIpc) is 2.19. The summed E-state index contributed by atoms with van der Waals surface area (Å²) in [7, 11) is 0. The number of hydrogen-bond donors (Lipinski definition) is 1. The first-order valence-electron chi connectivity index (χ1n) is 5.72. The molecule has 0 spiro atoms. The Labute approximate surface area is 86.1 Å². The van der Waals surface area contributed by atoms with Crippen LogP contribution in [0, 0.1) is 0 Å². The fourth-order valence-corrected chi connectivity index (χ4v) is 2.09. The number of unbranched alkanes of at least 4 members (excludes halogenated alkanes) is 1. The Bertz CT molecular complexity index is 176. The molecule has 0 radical (unpaired) electrons. The minimum Gasteiger partial charge on any atom is -0.480 e. The number of carboxylic acids is 1. The van der Waals surface area contributed by atoms with Crippen LogP contribution in [0.1, 0.15) is 45.4 Å². The van der Waals surface area contributed by atoms with Gasteiger partial charge in [-0.2, -0.15) is 0 Å². The molecule has 1 heterocycles. The number of hydrogen-bond acceptors (Lipinski definition) is 2. The highest BCUT2D eigenvalue weighted by Crippen LogP contribution is 2.16. The van der Waals surface area contributed by atoms with Crippen molar-refractivity contribution in [2.45, 2.75) is 51.5 Å². The van der Waals surface area contributed by atoms with Crippen molar-refractivity contribution in [3.8, 4) is 0 Å². The van der Waals surface area contributed by atoms with E-state index in [1.165, 1.54) is 6.42 Å². The summed E-state index contributed by atoms with van der Waals surface area (Å²) in [5.41, 5.74) is 0. The van der Waals surface area contributed by atoms with Crippen LogP contribution in [0.25, 0.3) is 0 Å². The maximum Gasteiger partial charge on any atom is 0.320 e. The highest BCUT2D eigenvalue weighted by Gasteiger charge is 2.25. The van der Waals surface area contributed by atoms with Crippen LogP contribution in [0.4, 0.5) is 0 Å². The molecule has 0 amide bonds. The number of rotatable bonds is 5. The molecule has 0 bridgehead atoms. The predicted octanol–water partition coefficient (Wildman–Crippen LogP) is 2.12. The smallest absolute Gasteiger partial charge is 0.320 e. The molecule has 0 aliphatic carbocycles. The van der Waals surface area contributed by atoms with Gasteiger partial charge in [0.15, 0.2) is 0 Å². The van der Waals surface area contributed by atoms with E-state index in [-0.39, 0.29) is 6.04 Å². The van der Waals surface area contributed by atoms with Crippen LogP contribution in [0.3, 0.4) is 0 Å². The highest BCUT2D eigenvalue weighted by molar-refractivity contribution is 5.73. The summed E-state index contributed by atoms with van der Waals surface area (Å²) in [6.07, 6.45) is 6.50. The molecular formula is C11H21NO2. The number of nitrogens with zero attached hydrogens (tertiary/aromatic N) is 1. The van der Waals surface area contributed by atoms with Gasteiger partial charge in [0, 0.05) is 0 Å². The predicted molar refractivity (Wildman–Crippen MR) is 56.4 cm³/mol. The third-order valence-electron chi connectivity index (χ3n) is 2.95. The van der Waals surface area contributed by atoms with Gasteiger partial charge in [-0.15, -0.1) is 0 Å². The quantitative estimate of drug-likeness (QED) is 0.737. The zero-order chi connectivity index (χ0) is 10.4. The normalized spacial score (nSPS) is 20.6. The molecule has 1 N–H and O–H groups in total. The molecule has 1 saturated heterocycles. The molecule has 0 aromatic heterocycles. The van der Waals surface area contributed by atoms with E-state index in [4.69, 9.17) is 5.11 Å². The third-order valence-corrected chi connectivity index (χ3v) is 2.95. The number of piperidine rings is 1. The van der Waals surface area contributed by atoms with Crippen LogP contribution in [0.5, 0.6) is 0 Å². The van der Waals surface area contributed by atoms with Crippen molar-refractivity contribution in [3.05, 3.63) is 0 Å². The van der Waals surface area contributed by atoms with Gasteiger partial charge in [-0.25, -0.2) is 0 Å². The van der Waals surface area contributed by atoms with Crippen LogP contribution in [-0.4, -0.2) is 35.1 Å². The molecule has 0 aromatic rings. The number of likely N-dealkylation sites (tertiary alicyclic amines) is 1. The molecule has 1 atom stereocenters. The summed E-state index contributed by atoms with van der Waals surface area (Å²) >= 11 is 0. The Balaban J connectivity index is 2.43. The highest BCUT2D eigenvalue weighted by atomic mass is 16.4. The van der Waals surface area contributed by atoms with E-state index in [1.807, 2.05) is 0 Å². The van der Waals surface area contributed by atoms with Crippen molar-refractivity contribution in [2.75, 3.05) is 13.1 Å². The fraction of sp³-hybridized carbons (Fsp3) is 0.909. The Morgan fingerprint density at radius 2 is 2.00 bits per heavy atom. The maximum atomic E-state index is 11.1. The zero-order valence-corrected chi connectivity index (χ0v) is 9.04. The largest absolute Gasteiger partial charge is 0.480 e. The minimum atomic E-state index is -0.639. The van der Waals surface area contributed by atoms with E-state index in [0.717, 1.165) is 45.2 Å². The van der Waals surface area contributed by atoms with E-state index < -0.39 is 5.97 Å². The van der Waals surface area contributed by atoms with Gasteiger partial charge in [0.05, 0.1) is 0 Å². The lowest BCUT2D eigenvalue weighted by atomic mass is 10.0. The van der Waals surface area contributed by atoms with E-state index in [0.29, 0.717) is 0 Å². The summed E-state index contributed by atoms with van der Waals surface area (Å²) in [5.74, 6) is -0.639. The van der Waals surface area contributed by atoms with Crippen LogP contribution in [0.15, 0.2) is 0 Å². The summed E-state index contributed by atoms with van der Waals surface area (Å²) in [6.45, 7) is 4.05. The minimum absolute atomic E-state index is 0.227. The molecule has 1 rings (SSSR count). The van der Waals surface area contributed by atoms with Crippen molar-refractivity contribution in [1.29, 1.82) is 0 Å². The fourth-order valence-electron chi connectivity index (χ4n) is 2.09. The molecule has 3 nitrogen and oxygen atoms in total. The van der Waals surface area contributed by atoms with Crippen molar-refractivity contribution < 1.29 is 9.90 Å². The molecule has 1 aliphatic rings. The summed E-state index contributed by atoms with van der Waals surface area (Å²) in [6, 6.07) is -0.227. The third kappa shape index (κ3) is 3.29. The lowest BCUT2D eigenvalue weighted by molar-refractivity contribution is -0.144. The van der Waals surface area contributed by atoms with E-state index >= 15 is 0 Å². The van der Waals surface area contributed by atoms with Crippen molar-refractivity contribution in [3.63, 3.8) is 0 Å². The molecule has 1 aliphatic heterocycles. The average molecular weight is 199 g/mol. The van der Waals surface area contributed by atoms with Crippen LogP contribution < -0.4 is 0 Å². The van der Waals surface area contributed by atoms with Crippen molar-refractivity contribution in [2.24, 2.45) is 0 Å². The molecule has 14 heavy (non-hydrogen) atoms. The molecule has 0 aromatic carbocycles. The molecule has 1 unspecified atom stereocenters. The van der Waals surface area contributed by atoms with Gasteiger partial charge in [0.25, 0.3) is 0 Å². The van der Waals surface area contributed by atoms with Crippen LogP contribution in [-0.2, 0) is 4.79 Å². The maximum absolute atomic E-state index is 11.1. The number of carbonyl (C=O) groups is 1. The van der Waals surface area contributed by atoms with E-state index in [2.05, 4.69) is 11.8 Å². The van der Waals surface area contributed by atoms with Gasteiger partial charge in [0.2, 0.25) is 0 Å². The SMILES string of the molecule is CCCCC(C(=O)O)N1CCCCC1. The molecule has 1 fully saturated rings. The summed E-state index contributed by atoms with van der Waals surface area (Å²) in [5, 5.41) is 9.11. The van der Waals surface area contributed by atoms with Gasteiger partial charge in [-0.3, -0.25) is 9.69 Å². The molecule has 3 heteroatoms. The Hall–Kier alpha value is -0.570. The second-order valence-corrected chi connectivity index (χ2v) is 4.09. The van der Waals surface area contributed by atoms with Gasteiger partial charge >= 0.3 is 5.97 Å². The Morgan fingerprint density at radius 1 is 1.36 bits per heavy atom. The summed E-state index contributed by atoms with van der Waals surface area (Å²) < 4.78 is 0. The Kier molecular flexibility index (Phi) is 4.94. The van der Waals surface area contributed by atoms with Crippen LogP contribution in [0.2, 0.25) is 0 Å². The lowest BCUT2D eigenvalue weighted by Crippen LogP contribution is -2.44. The van der Waals surface area contributed by atoms with Gasteiger partial charge in [0.1, 0.15) is 6.04 Å². The molecule has 82 valence electrons. The van der Waals surface area contributed by atoms with Crippen LogP contribution >= 0.6 is 0 Å². The topological polar surface area (TPSA) is 40.5 Å². The monoisotopic (exact) mass is 199 g/mol. The van der Waals surface area contributed by atoms with E-state index in [9.17, 15) is 4.79 Å². The second kappa shape index (κ2) is 6.02. The standard InChI is InChI=1S/C11H21NO2/c1-2-3-7-10(11(13)14)12-8-5-4-6-9-12/h10H,2-9H2,1H3,(H,13,14). The second-order valence-electron chi connectivity index (χ2n) is 4.09. The Morgan fingerprint density at radius 3 is 2.50 bits per heavy atom. The van der Waals surface area contributed by atoms with Crippen molar-refractivity contribution >= 4 is 5.97 Å². The first-order valence-corrected chi connectivity index (χ1v) is 5.72. The van der Waals surface area contributed by atoms with Crippen molar-refractivity contribution in [1.82, 2.24) is 4.90 Å². The van der Waals surface area contributed by atoms with E-state index in [1.54, 1.807) is 0 Å². The zero-order valence-electron chi connectivity index (χ0n) is 9.04. The lowest BCUT2D eigenvalue weighted by Gasteiger charge is -2.31. The summed E-state index contributed by atoms with van der Waals surface area (Å²) in [4.78, 5) is 13.2. The first-order chi connectivity index (χ1) is 6.75. The van der Waals surface area contributed by atoms with Gasteiger partial charge < -0.3 is 5.11 Å². The van der Waals surface area contributed by atoms with Gasteiger partial charge in [-0.05, 0) is 32.4 Å². The number of carboxylic acid groups (broad SMARTS) is 1.